The molecule has 5 aromatic rings. The number of benzene rings is 1. The highest BCUT2D eigenvalue weighted by Crippen LogP contribution is 2.33. The molecule has 0 radical (unpaired) electrons. The van der Waals surface area contributed by atoms with E-state index in [2.05, 4.69) is 19.7 Å². The molecule has 0 unspecified atom stereocenters. The Kier molecular flexibility index (Phi) is 4.38. The van der Waals surface area contributed by atoms with E-state index >= 15 is 0 Å². The molecule has 0 atom stereocenters. The summed E-state index contributed by atoms with van der Waals surface area (Å²) in [5.41, 5.74) is 2.17. The molecule has 0 aliphatic heterocycles. The first-order chi connectivity index (χ1) is 14.1. The van der Waals surface area contributed by atoms with E-state index in [9.17, 15) is 8.42 Å². The highest BCUT2D eigenvalue weighted by molar-refractivity contribution is 7.94. The van der Waals surface area contributed by atoms with Gasteiger partial charge in [-0.1, -0.05) is 12.1 Å². The summed E-state index contributed by atoms with van der Waals surface area (Å²) in [6.45, 7) is 0. The third-order valence-corrected chi connectivity index (χ3v) is 8.10. The van der Waals surface area contributed by atoms with Gasteiger partial charge in [0, 0.05) is 23.6 Å². The van der Waals surface area contributed by atoms with Crippen LogP contribution in [-0.4, -0.2) is 23.4 Å². The van der Waals surface area contributed by atoms with Crippen LogP contribution < -0.4 is 4.72 Å². The highest BCUT2D eigenvalue weighted by atomic mass is 32.2. The Morgan fingerprint density at radius 1 is 1.00 bits per heavy atom. The molecule has 4 aromatic heterocycles. The maximum Gasteiger partial charge on any atom is 0.271 e. The maximum absolute atomic E-state index is 12.8. The Labute approximate surface area is 173 Å². The SMILES string of the molecule is O=S(=O)(Nc1cccc(-c2nc3ccncc3s2)c1)c1ccc(-c2cnco2)s1. The van der Waals surface area contributed by atoms with Gasteiger partial charge in [-0.2, -0.15) is 0 Å². The van der Waals surface area contributed by atoms with E-state index in [-0.39, 0.29) is 4.21 Å². The van der Waals surface area contributed by atoms with Crippen LogP contribution in [0.1, 0.15) is 0 Å². The van der Waals surface area contributed by atoms with E-state index < -0.39 is 10.0 Å². The number of pyridine rings is 1. The monoisotopic (exact) mass is 440 g/mol. The molecule has 0 saturated carbocycles. The van der Waals surface area contributed by atoms with Crippen molar-refractivity contribution in [1.29, 1.82) is 0 Å². The van der Waals surface area contributed by atoms with Crippen molar-refractivity contribution in [3.8, 4) is 21.2 Å². The number of sulfonamides is 1. The fourth-order valence-electron chi connectivity index (χ4n) is 2.76. The Hall–Kier alpha value is -3.08. The molecule has 4 heterocycles. The number of hydrogen-bond acceptors (Lipinski definition) is 8. The van der Waals surface area contributed by atoms with Crippen molar-refractivity contribution in [3.63, 3.8) is 0 Å². The molecule has 0 fully saturated rings. The second kappa shape index (κ2) is 7.07. The summed E-state index contributed by atoms with van der Waals surface area (Å²) >= 11 is 2.63. The molecule has 7 nitrogen and oxygen atoms in total. The van der Waals surface area contributed by atoms with Gasteiger partial charge >= 0.3 is 0 Å². The van der Waals surface area contributed by atoms with Crippen molar-refractivity contribution in [1.82, 2.24) is 15.0 Å². The van der Waals surface area contributed by atoms with Gasteiger partial charge in [0.25, 0.3) is 10.0 Å². The number of thiophene rings is 1. The fourth-order valence-corrected chi connectivity index (χ4v) is 6.00. The molecule has 5 rings (SSSR count). The van der Waals surface area contributed by atoms with Crippen LogP contribution in [0.3, 0.4) is 0 Å². The molecule has 29 heavy (non-hydrogen) atoms. The standard InChI is InChI=1S/C19H12N4O3S3/c24-29(25,18-5-4-16(27-18)15-9-21-11-26-15)23-13-3-1-2-12(8-13)19-22-14-6-7-20-10-17(14)28-19/h1-11,23H. The minimum absolute atomic E-state index is 0.195. The Balaban J connectivity index is 1.43. The molecule has 1 N–H and O–H groups in total. The summed E-state index contributed by atoms with van der Waals surface area (Å²) in [6, 6.07) is 12.3. The van der Waals surface area contributed by atoms with E-state index in [4.69, 9.17) is 4.42 Å². The average Bonchev–Trinajstić information content (AvgIpc) is 3.47. The Morgan fingerprint density at radius 3 is 2.76 bits per heavy atom. The number of aromatic nitrogens is 3. The van der Waals surface area contributed by atoms with E-state index in [1.54, 1.807) is 48.9 Å². The summed E-state index contributed by atoms with van der Waals surface area (Å²) in [6.07, 6.45) is 6.33. The summed E-state index contributed by atoms with van der Waals surface area (Å²) in [5, 5.41) is 0.803. The van der Waals surface area contributed by atoms with Gasteiger partial charge in [0.1, 0.15) is 9.22 Å². The molecule has 0 amide bonds. The number of anilines is 1. The second-order valence-corrected chi connectivity index (χ2v) is 10.1. The van der Waals surface area contributed by atoms with Gasteiger partial charge in [-0.05, 0) is 30.3 Å². The van der Waals surface area contributed by atoms with Gasteiger partial charge in [0.15, 0.2) is 12.2 Å². The number of oxazole rings is 1. The normalized spacial score (nSPS) is 11.7. The molecule has 1 aromatic carbocycles. The third-order valence-electron chi connectivity index (χ3n) is 4.07. The third kappa shape index (κ3) is 3.53. The summed E-state index contributed by atoms with van der Waals surface area (Å²) in [7, 11) is -3.73. The molecule has 10 heteroatoms. The number of thiazole rings is 1. The van der Waals surface area contributed by atoms with Crippen LogP contribution in [0.2, 0.25) is 0 Å². The van der Waals surface area contributed by atoms with Crippen molar-refractivity contribution in [2.45, 2.75) is 4.21 Å². The zero-order chi connectivity index (χ0) is 19.8. The van der Waals surface area contributed by atoms with Crippen molar-refractivity contribution >= 4 is 48.6 Å². The summed E-state index contributed by atoms with van der Waals surface area (Å²) in [5.74, 6) is 0.531. The molecule has 0 saturated heterocycles. The first kappa shape index (κ1) is 18.0. The number of nitrogens with one attached hydrogen (secondary N) is 1. The lowest BCUT2D eigenvalue weighted by molar-refractivity contribution is 0.573. The number of rotatable bonds is 5. The quantitative estimate of drug-likeness (QED) is 0.418. The zero-order valence-electron chi connectivity index (χ0n) is 14.6. The average molecular weight is 441 g/mol. The lowest BCUT2D eigenvalue weighted by atomic mass is 10.2. The molecular weight excluding hydrogens is 428 g/mol. The van der Waals surface area contributed by atoms with E-state index in [0.717, 1.165) is 32.1 Å². The predicted molar refractivity (Wildman–Crippen MR) is 113 cm³/mol. The first-order valence-corrected chi connectivity index (χ1v) is 11.5. The first-order valence-electron chi connectivity index (χ1n) is 8.41. The second-order valence-electron chi connectivity index (χ2n) is 6.03. The number of fused-ring (bicyclic) bond motifs is 1. The smallest absolute Gasteiger partial charge is 0.271 e. The van der Waals surface area contributed by atoms with Gasteiger partial charge in [-0.25, -0.2) is 18.4 Å². The highest BCUT2D eigenvalue weighted by Gasteiger charge is 2.19. The van der Waals surface area contributed by atoms with E-state index in [0.29, 0.717) is 16.3 Å². The topological polar surface area (TPSA) is 98.0 Å². The van der Waals surface area contributed by atoms with Crippen LogP contribution in [0.15, 0.2) is 76.1 Å². The molecule has 0 bridgehead atoms. The lowest BCUT2D eigenvalue weighted by Crippen LogP contribution is -2.11. The van der Waals surface area contributed by atoms with Gasteiger partial charge < -0.3 is 4.42 Å². The minimum atomic E-state index is -3.73. The molecule has 0 aliphatic rings. The number of nitrogens with zero attached hydrogens (tertiary/aromatic N) is 3. The zero-order valence-corrected chi connectivity index (χ0v) is 17.1. The van der Waals surface area contributed by atoms with Crippen molar-refractivity contribution in [2.75, 3.05) is 4.72 Å². The van der Waals surface area contributed by atoms with Gasteiger partial charge in [0.05, 0.1) is 21.3 Å². The minimum Gasteiger partial charge on any atom is -0.443 e. The van der Waals surface area contributed by atoms with Crippen LogP contribution in [0.4, 0.5) is 5.69 Å². The predicted octanol–water partition coefficient (Wildman–Crippen LogP) is 4.88. The van der Waals surface area contributed by atoms with Crippen LogP contribution in [-0.2, 0) is 10.0 Å². The van der Waals surface area contributed by atoms with Crippen molar-refractivity contribution in [3.05, 3.63) is 67.4 Å². The lowest BCUT2D eigenvalue weighted by Gasteiger charge is -2.07. The van der Waals surface area contributed by atoms with Crippen molar-refractivity contribution in [2.24, 2.45) is 0 Å². The van der Waals surface area contributed by atoms with Crippen LogP contribution in [0, 0.1) is 0 Å². The molecule has 144 valence electrons. The summed E-state index contributed by atoms with van der Waals surface area (Å²) < 4.78 is 34.6. The van der Waals surface area contributed by atoms with Crippen molar-refractivity contribution < 1.29 is 12.8 Å². The van der Waals surface area contributed by atoms with Gasteiger partial charge in [-0.3, -0.25) is 9.71 Å². The Bertz CT molecular complexity index is 1370. The van der Waals surface area contributed by atoms with Gasteiger partial charge in [-0.15, -0.1) is 22.7 Å². The molecule has 0 spiro atoms. The maximum atomic E-state index is 12.8. The molecular formula is C19H12N4O3S3. The largest absolute Gasteiger partial charge is 0.443 e. The Morgan fingerprint density at radius 2 is 1.93 bits per heavy atom. The van der Waals surface area contributed by atoms with E-state index in [1.165, 1.54) is 17.7 Å². The fraction of sp³-hybridized carbons (Fsp3) is 0. The van der Waals surface area contributed by atoms with E-state index in [1.807, 2.05) is 12.1 Å². The van der Waals surface area contributed by atoms with Crippen LogP contribution in [0.5, 0.6) is 0 Å². The molecule has 0 aliphatic carbocycles. The van der Waals surface area contributed by atoms with Crippen LogP contribution >= 0.6 is 22.7 Å². The number of hydrogen-bond donors (Lipinski definition) is 1. The van der Waals surface area contributed by atoms with Gasteiger partial charge in [0.2, 0.25) is 0 Å². The van der Waals surface area contributed by atoms with Crippen LogP contribution in [0.25, 0.3) is 31.4 Å². The summed E-state index contributed by atoms with van der Waals surface area (Å²) in [4.78, 5) is 13.3.